The molecule has 0 spiro atoms. The first-order chi connectivity index (χ1) is 32.4. The standard InChI is InChI=1S/C64H74BN3/c1-15-61(7,8)45-27-33-49(34-28-45)66-56-37-31-47(63(11,12)17-3)39-52(56)65-53-40-48(64(13,14)18-4)32-38-57(53)67(50-35-29-46(30-36-50)62(9,10)16-2)59-42-51(41-58(66)60(59)65)68(54-25-21-19-23-43(54)5)55-26-22-20-24-44(55)6/h19-42H,15-18H2,1-14H3. The minimum atomic E-state index is -0.00580. The maximum Gasteiger partial charge on any atom is 0.252 e. The van der Waals surface area contributed by atoms with Gasteiger partial charge in [-0.1, -0.05) is 168 Å². The van der Waals surface area contributed by atoms with E-state index in [0.29, 0.717) is 0 Å². The minimum absolute atomic E-state index is 0.00535. The highest BCUT2D eigenvalue weighted by Crippen LogP contribution is 2.50. The van der Waals surface area contributed by atoms with Crippen LogP contribution in [-0.2, 0) is 21.7 Å². The van der Waals surface area contributed by atoms with Crippen molar-refractivity contribution in [2.45, 2.75) is 144 Å². The fourth-order valence-electron chi connectivity index (χ4n) is 10.5. The van der Waals surface area contributed by atoms with E-state index >= 15 is 0 Å². The number of para-hydroxylation sites is 2. The van der Waals surface area contributed by atoms with Crippen LogP contribution in [0, 0.1) is 13.8 Å². The number of benzene rings is 7. The van der Waals surface area contributed by atoms with Gasteiger partial charge in [0.2, 0.25) is 0 Å². The van der Waals surface area contributed by atoms with Crippen LogP contribution in [0.4, 0.5) is 51.2 Å². The molecule has 0 amide bonds. The molecular weight excluding hydrogens is 822 g/mol. The lowest BCUT2D eigenvalue weighted by Gasteiger charge is -2.46. The number of aryl methyl sites for hydroxylation is 2. The van der Waals surface area contributed by atoms with E-state index < -0.39 is 0 Å². The third-order valence-corrected chi connectivity index (χ3v) is 16.9. The number of rotatable bonds is 13. The van der Waals surface area contributed by atoms with Crippen LogP contribution >= 0.6 is 0 Å². The summed E-state index contributed by atoms with van der Waals surface area (Å²) in [6, 6.07) is 56.7. The van der Waals surface area contributed by atoms with Gasteiger partial charge in [0, 0.05) is 45.5 Å². The second-order valence-electron chi connectivity index (χ2n) is 22.5. The number of anilines is 9. The highest BCUT2D eigenvalue weighted by atomic mass is 15.2. The van der Waals surface area contributed by atoms with Crippen molar-refractivity contribution in [2.24, 2.45) is 0 Å². The van der Waals surface area contributed by atoms with E-state index in [1.165, 1.54) is 95.3 Å². The van der Waals surface area contributed by atoms with Crippen LogP contribution in [0.15, 0.2) is 146 Å². The smallest absolute Gasteiger partial charge is 0.252 e. The fraction of sp³-hybridized carbons (Fsp3) is 0.344. The molecule has 0 bridgehead atoms. The molecule has 2 heterocycles. The first kappa shape index (κ1) is 47.1. The molecule has 348 valence electrons. The van der Waals surface area contributed by atoms with E-state index in [-0.39, 0.29) is 28.4 Å². The molecule has 0 atom stereocenters. The van der Waals surface area contributed by atoms with E-state index in [9.17, 15) is 0 Å². The van der Waals surface area contributed by atoms with Gasteiger partial charge in [-0.2, -0.15) is 0 Å². The van der Waals surface area contributed by atoms with Gasteiger partial charge in [0.15, 0.2) is 0 Å². The number of fused-ring (bicyclic) bond motifs is 4. The molecule has 0 saturated carbocycles. The Hall–Kier alpha value is -6.00. The lowest BCUT2D eigenvalue weighted by Crippen LogP contribution is -2.61. The van der Waals surface area contributed by atoms with E-state index in [2.05, 4.69) is 257 Å². The molecule has 0 radical (unpaired) electrons. The Morgan fingerprint density at radius 1 is 0.397 bits per heavy atom. The fourth-order valence-corrected chi connectivity index (χ4v) is 10.5. The van der Waals surface area contributed by atoms with Gasteiger partial charge in [0.1, 0.15) is 0 Å². The van der Waals surface area contributed by atoms with Crippen molar-refractivity contribution in [3.8, 4) is 0 Å². The third kappa shape index (κ3) is 7.96. The molecule has 68 heavy (non-hydrogen) atoms. The Labute approximate surface area is 410 Å². The zero-order valence-electron chi connectivity index (χ0n) is 43.6. The van der Waals surface area contributed by atoms with Crippen LogP contribution in [0.5, 0.6) is 0 Å². The first-order valence-corrected chi connectivity index (χ1v) is 25.5. The van der Waals surface area contributed by atoms with Crippen molar-refractivity contribution in [3.05, 3.63) is 179 Å². The lowest BCUT2D eigenvalue weighted by atomic mass is 9.33. The number of hydrogen-bond acceptors (Lipinski definition) is 3. The van der Waals surface area contributed by atoms with Gasteiger partial charge in [0.05, 0.1) is 5.69 Å². The molecule has 0 unspecified atom stereocenters. The average molecular weight is 896 g/mol. The monoisotopic (exact) mass is 896 g/mol. The van der Waals surface area contributed by atoms with Crippen LogP contribution in [0.25, 0.3) is 0 Å². The molecular formula is C64H74BN3. The van der Waals surface area contributed by atoms with Crippen LogP contribution < -0.4 is 31.1 Å². The van der Waals surface area contributed by atoms with Gasteiger partial charge in [-0.15, -0.1) is 0 Å². The van der Waals surface area contributed by atoms with Crippen molar-refractivity contribution < 1.29 is 0 Å². The molecule has 2 aliphatic rings. The predicted octanol–water partition coefficient (Wildman–Crippen LogP) is 16.6. The molecule has 9 rings (SSSR count). The highest BCUT2D eigenvalue weighted by Gasteiger charge is 2.45. The summed E-state index contributed by atoms with van der Waals surface area (Å²) in [4.78, 5) is 7.71. The zero-order chi connectivity index (χ0) is 48.5. The summed E-state index contributed by atoms with van der Waals surface area (Å²) in [5, 5.41) is 0. The first-order valence-electron chi connectivity index (χ1n) is 25.5. The van der Waals surface area contributed by atoms with Gasteiger partial charge < -0.3 is 14.7 Å². The van der Waals surface area contributed by atoms with Crippen molar-refractivity contribution in [1.82, 2.24) is 0 Å². The van der Waals surface area contributed by atoms with Crippen molar-refractivity contribution >= 4 is 74.3 Å². The third-order valence-electron chi connectivity index (χ3n) is 16.9. The zero-order valence-corrected chi connectivity index (χ0v) is 43.6. The molecule has 0 aromatic heterocycles. The quantitative estimate of drug-likeness (QED) is 0.107. The second-order valence-corrected chi connectivity index (χ2v) is 22.5. The molecule has 0 N–H and O–H groups in total. The summed E-state index contributed by atoms with van der Waals surface area (Å²) in [5.41, 5.74) is 22.9. The number of hydrogen-bond donors (Lipinski definition) is 0. The van der Waals surface area contributed by atoms with Crippen molar-refractivity contribution in [2.75, 3.05) is 14.7 Å². The summed E-state index contributed by atoms with van der Waals surface area (Å²) in [6.07, 6.45) is 4.25. The van der Waals surface area contributed by atoms with Gasteiger partial charge in [-0.25, -0.2) is 0 Å². The number of nitrogens with zero attached hydrogens (tertiary/aromatic N) is 3. The summed E-state index contributed by atoms with van der Waals surface area (Å²) in [7, 11) is 0. The van der Waals surface area contributed by atoms with Crippen molar-refractivity contribution in [1.29, 1.82) is 0 Å². The Kier molecular flexibility index (Phi) is 12.1. The molecule has 0 saturated heterocycles. The molecule has 7 aromatic carbocycles. The minimum Gasteiger partial charge on any atom is -0.311 e. The van der Waals surface area contributed by atoms with Crippen molar-refractivity contribution in [3.63, 3.8) is 0 Å². The molecule has 2 aliphatic heterocycles. The molecule has 4 heteroatoms. The average Bonchev–Trinajstić information content (AvgIpc) is 3.34. The van der Waals surface area contributed by atoms with Gasteiger partial charge >= 0.3 is 0 Å². The second kappa shape index (κ2) is 17.5. The molecule has 7 aromatic rings. The summed E-state index contributed by atoms with van der Waals surface area (Å²) < 4.78 is 0. The topological polar surface area (TPSA) is 9.72 Å². The largest absolute Gasteiger partial charge is 0.311 e. The summed E-state index contributed by atoms with van der Waals surface area (Å²) in [6.45, 7) is 32.8. The Morgan fingerprint density at radius 3 is 1.09 bits per heavy atom. The van der Waals surface area contributed by atoms with E-state index in [1.54, 1.807) is 0 Å². The Balaban J connectivity index is 1.44. The van der Waals surface area contributed by atoms with Gasteiger partial charge in [-0.3, -0.25) is 0 Å². The van der Waals surface area contributed by atoms with Crippen LogP contribution in [-0.4, -0.2) is 6.71 Å². The predicted molar refractivity (Wildman–Crippen MR) is 298 cm³/mol. The van der Waals surface area contributed by atoms with Gasteiger partial charge in [0.25, 0.3) is 6.71 Å². The SMILES string of the molecule is CCC(C)(C)c1ccc(N2c3ccc(C(C)(C)CC)cc3B3c4cc(C(C)(C)CC)ccc4N(c4ccc(C(C)(C)CC)cc4)c4cc(N(c5ccccc5C)c5ccccc5C)cc2c43)cc1. The van der Waals surface area contributed by atoms with Crippen LogP contribution in [0.2, 0.25) is 0 Å². The van der Waals surface area contributed by atoms with E-state index in [1.807, 2.05) is 0 Å². The maximum absolute atomic E-state index is 2.60. The lowest BCUT2D eigenvalue weighted by molar-refractivity contribution is 0.506. The molecule has 3 nitrogen and oxygen atoms in total. The molecule has 0 aliphatic carbocycles. The van der Waals surface area contributed by atoms with Crippen LogP contribution in [0.3, 0.4) is 0 Å². The van der Waals surface area contributed by atoms with E-state index in [4.69, 9.17) is 0 Å². The summed E-state index contributed by atoms with van der Waals surface area (Å²) >= 11 is 0. The highest BCUT2D eigenvalue weighted by molar-refractivity contribution is 7.00. The normalized spacial score (nSPS) is 13.6. The van der Waals surface area contributed by atoms with Gasteiger partial charge in [-0.05, 0) is 172 Å². The van der Waals surface area contributed by atoms with Crippen LogP contribution in [0.1, 0.15) is 142 Å². The molecule has 0 fully saturated rings. The Bertz CT molecular complexity index is 2790. The Morgan fingerprint density at radius 2 is 0.735 bits per heavy atom. The van der Waals surface area contributed by atoms with E-state index in [0.717, 1.165) is 31.4 Å². The summed E-state index contributed by atoms with van der Waals surface area (Å²) in [5.74, 6) is 0. The maximum atomic E-state index is 2.60.